The van der Waals surface area contributed by atoms with E-state index in [1.54, 1.807) is 11.3 Å². The minimum absolute atomic E-state index is 0.0503. The Balaban J connectivity index is 1.62. The first-order valence-corrected chi connectivity index (χ1v) is 9.33. The Morgan fingerprint density at radius 3 is 2.67 bits per heavy atom. The lowest BCUT2D eigenvalue weighted by Gasteiger charge is -2.07. The molecule has 5 nitrogen and oxygen atoms in total. The van der Waals surface area contributed by atoms with Crippen molar-refractivity contribution in [2.45, 2.75) is 19.0 Å². The minimum atomic E-state index is -0.0503. The van der Waals surface area contributed by atoms with E-state index in [4.69, 9.17) is 0 Å². The summed E-state index contributed by atoms with van der Waals surface area (Å²) in [7, 11) is 1.92. The summed E-state index contributed by atoms with van der Waals surface area (Å²) in [5, 5.41) is 14.1. The van der Waals surface area contributed by atoms with E-state index in [0.717, 1.165) is 32.7 Å². The third-order valence-corrected chi connectivity index (χ3v) is 5.30. The molecule has 0 saturated carbocycles. The summed E-state index contributed by atoms with van der Waals surface area (Å²) >= 11 is 3.00. The van der Waals surface area contributed by atoms with Crippen molar-refractivity contribution in [2.75, 3.05) is 11.1 Å². The van der Waals surface area contributed by atoms with Crippen LogP contribution in [0.25, 0.3) is 10.7 Å². The Hall–Kier alpha value is -2.12. The van der Waals surface area contributed by atoms with Crippen molar-refractivity contribution in [2.24, 2.45) is 7.05 Å². The molecular weight excluding hydrogens is 340 g/mol. The van der Waals surface area contributed by atoms with Gasteiger partial charge >= 0.3 is 0 Å². The van der Waals surface area contributed by atoms with Crippen LogP contribution in [-0.2, 0) is 11.8 Å². The molecular formula is C17H18N4OS2. The van der Waals surface area contributed by atoms with Crippen LogP contribution in [0.4, 0.5) is 5.69 Å². The van der Waals surface area contributed by atoms with Gasteiger partial charge in [0.15, 0.2) is 11.0 Å². The summed E-state index contributed by atoms with van der Waals surface area (Å²) in [5.41, 5.74) is 3.09. The number of carbonyl (C=O) groups is 1. The summed E-state index contributed by atoms with van der Waals surface area (Å²) in [6.45, 7) is 4.03. The number of anilines is 1. The highest BCUT2D eigenvalue weighted by atomic mass is 32.2. The SMILES string of the molecule is Cc1cc(C)cc(NC(=O)CSc2nnc(-c3cccs3)n2C)c1. The predicted octanol–water partition coefficient (Wildman–Crippen LogP) is 3.89. The zero-order valence-corrected chi connectivity index (χ0v) is 15.4. The molecule has 0 atom stereocenters. The highest BCUT2D eigenvalue weighted by Gasteiger charge is 2.13. The fourth-order valence-corrected chi connectivity index (χ4v) is 3.89. The molecule has 7 heteroatoms. The van der Waals surface area contributed by atoms with E-state index in [0.29, 0.717) is 5.75 Å². The number of amides is 1. The van der Waals surface area contributed by atoms with Crippen molar-refractivity contribution < 1.29 is 4.79 Å². The molecule has 0 bridgehead atoms. The average Bonchev–Trinajstić information content (AvgIpc) is 3.13. The second-order valence-corrected chi connectivity index (χ2v) is 7.45. The molecule has 0 unspecified atom stereocenters. The number of thiophene rings is 1. The van der Waals surface area contributed by atoms with Crippen LogP contribution in [0, 0.1) is 13.8 Å². The first-order chi connectivity index (χ1) is 11.5. The molecule has 1 amide bonds. The van der Waals surface area contributed by atoms with Crippen LogP contribution in [0.5, 0.6) is 0 Å². The lowest BCUT2D eigenvalue weighted by Crippen LogP contribution is -2.14. The van der Waals surface area contributed by atoms with Crippen molar-refractivity contribution in [3.8, 4) is 10.7 Å². The second-order valence-electron chi connectivity index (χ2n) is 5.56. The highest BCUT2D eigenvalue weighted by molar-refractivity contribution is 7.99. The molecule has 0 fully saturated rings. The topological polar surface area (TPSA) is 59.8 Å². The summed E-state index contributed by atoms with van der Waals surface area (Å²) in [6.07, 6.45) is 0. The van der Waals surface area contributed by atoms with Gasteiger partial charge in [0.25, 0.3) is 0 Å². The van der Waals surface area contributed by atoms with Crippen LogP contribution in [-0.4, -0.2) is 26.4 Å². The Kier molecular flexibility index (Phi) is 5.01. The van der Waals surface area contributed by atoms with Gasteiger partial charge in [-0.05, 0) is 48.6 Å². The normalized spacial score (nSPS) is 10.8. The highest BCUT2D eigenvalue weighted by Crippen LogP contribution is 2.26. The zero-order valence-electron chi connectivity index (χ0n) is 13.7. The molecule has 2 heterocycles. The van der Waals surface area contributed by atoms with Crippen molar-refractivity contribution in [3.05, 3.63) is 46.8 Å². The molecule has 0 aliphatic rings. The third-order valence-electron chi connectivity index (χ3n) is 3.41. The molecule has 0 saturated heterocycles. The number of nitrogens with one attached hydrogen (secondary N) is 1. The Labute approximate surface area is 149 Å². The number of hydrogen-bond donors (Lipinski definition) is 1. The molecule has 0 aliphatic carbocycles. The van der Waals surface area contributed by atoms with Crippen LogP contribution >= 0.6 is 23.1 Å². The minimum Gasteiger partial charge on any atom is -0.325 e. The van der Waals surface area contributed by atoms with Crippen LogP contribution in [0.1, 0.15) is 11.1 Å². The molecule has 0 radical (unpaired) electrons. The molecule has 124 valence electrons. The third kappa shape index (κ3) is 3.85. The van der Waals surface area contributed by atoms with Gasteiger partial charge in [0.1, 0.15) is 0 Å². The van der Waals surface area contributed by atoms with Gasteiger partial charge in [-0.25, -0.2) is 0 Å². The van der Waals surface area contributed by atoms with Gasteiger partial charge in [-0.15, -0.1) is 21.5 Å². The number of aryl methyl sites for hydroxylation is 2. The first-order valence-electron chi connectivity index (χ1n) is 7.47. The van der Waals surface area contributed by atoms with E-state index in [2.05, 4.69) is 21.6 Å². The van der Waals surface area contributed by atoms with Gasteiger partial charge in [-0.3, -0.25) is 4.79 Å². The number of carbonyl (C=O) groups excluding carboxylic acids is 1. The van der Waals surface area contributed by atoms with E-state index >= 15 is 0 Å². The summed E-state index contributed by atoms with van der Waals surface area (Å²) in [5.74, 6) is 1.07. The van der Waals surface area contributed by atoms with Crippen LogP contribution in [0.2, 0.25) is 0 Å². The molecule has 1 aromatic carbocycles. The van der Waals surface area contributed by atoms with Gasteiger partial charge in [-0.1, -0.05) is 23.9 Å². The van der Waals surface area contributed by atoms with Gasteiger partial charge in [-0.2, -0.15) is 0 Å². The quantitative estimate of drug-likeness (QED) is 0.703. The van der Waals surface area contributed by atoms with Crippen molar-refractivity contribution in [1.82, 2.24) is 14.8 Å². The van der Waals surface area contributed by atoms with Crippen LogP contribution in [0.15, 0.2) is 40.9 Å². The molecule has 0 aliphatic heterocycles. The molecule has 2 aromatic heterocycles. The Morgan fingerprint density at radius 1 is 1.25 bits per heavy atom. The number of rotatable bonds is 5. The van der Waals surface area contributed by atoms with Crippen molar-refractivity contribution in [1.29, 1.82) is 0 Å². The van der Waals surface area contributed by atoms with E-state index in [9.17, 15) is 4.79 Å². The smallest absolute Gasteiger partial charge is 0.234 e. The maximum absolute atomic E-state index is 12.2. The number of benzene rings is 1. The number of nitrogens with zero attached hydrogens (tertiary/aromatic N) is 3. The van der Waals surface area contributed by atoms with Gasteiger partial charge in [0.05, 0.1) is 10.6 Å². The standard InChI is InChI=1S/C17H18N4OS2/c1-11-7-12(2)9-13(8-11)18-15(22)10-24-17-20-19-16(21(17)3)14-5-4-6-23-14/h4-9H,10H2,1-3H3,(H,18,22). The summed E-state index contributed by atoms with van der Waals surface area (Å²) in [4.78, 5) is 13.2. The van der Waals surface area contributed by atoms with Gasteiger partial charge in [0, 0.05) is 12.7 Å². The van der Waals surface area contributed by atoms with Gasteiger partial charge in [0.2, 0.25) is 5.91 Å². The van der Waals surface area contributed by atoms with E-state index in [1.807, 2.05) is 55.1 Å². The fraction of sp³-hybridized carbons (Fsp3) is 0.235. The van der Waals surface area contributed by atoms with Crippen LogP contribution < -0.4 is 5.32 Å². The van der Waals surface area contributed by atoms with Crippen molar-refractivity contribution >= 4 is 34.7 Å². The fourth-order valence-electron chi connectivity index (χ4n) is 2.43. The second kappa shape index (κ2) is 7.19. The van der Waals surface area contributed by atoms with Crippen LogP contribution in [0.3, 0.4) is 0 Å². The summed E-state index contributed by atoms with van der Waals surface area (Å²) < 4.78 is 1.92. The molecule has 24 heavy (non-hydrogen) atoms. The zero-order chi connectivity index (χ0) is 17.1. The number of thioether (sulfide) groups is 1. The Morgan fingerprint density at radius 2 is 2.00 bits per heavy atom. The monoisotopic (exact) mass is 358 g/mol. The number of hydrogen-bond acceptors (Lipinski definition) is 5. The first kappa shape index (κ1) is 16.7. The lowest BCUT2D eigenvalue weighted by molar-refractivity contribution is -0.113. The van der Waals surface area contributed by atoms with Gasteiger partial charge < -0.3 is 9.88 Å². The van der Waals surface area contributed by atoms with Crippen molar-refractivity contribution in [3.63, 3.8) is 0 Å². The average molecular weight is 358 g/mol. The lowest BCUT2D eigenvalue weighted by atomic mass is 10.1. The van der Waals surface area contributed by atoms with E-state index in [1.165, 1.54) is 11.8 Å². The van der Waals surface area contributed by atoms with E-state index < -0.39 is 0 Å². The Bertz CT molecular complexity index is 835. The maximum atomic E-state index is 12.2. The molecule has 0 spiro atoms. The summed E-state index contributed by atoms with van der Waals surface area (Å²) in [6, 6.07) is 10.0. The molecule has 1 N–H and O–H groups in total. The van der Waals surface area contributed by atoms with E-state index in [-0.39, 0.29) is 5.91 Å². The maximum Gasteiger partial charge on any atom is 0.234 e. The number of aromatic nitrogens is 3. The predicted molar refractivity (Wildman–Crippen MR) is 99.6 cm³/mol. The largest absolute Gasteiger partial charge is 0.325 e. The molecule has 3 rings (SSSR count). The molecule has 3 aromatic rings.